The first-order valence-corrected chi connectivity index (χ1v) is 6.23. The predicted molar refractivity (Wildman–Crippen MR) is 76.0 cm³/mol. The van der Waals surface area contributed by atoms with Crippen LogP contribution < -0.4 is 5.32 Å². The lowest BCUT2D eigenvalue weighted by Crippen LogP contribution is -2.12. The summed E-state index contributed by atoms with van der Waals surface area (Å²) in [5.41, 5.74) is 0.881. The molecule has 1 aromatic carbocycles. The molecule has 1 aromatic heterocycles. The maximum Gasteiger partial charge on any atom is 0.281 e. The monoisotopic (exact) mass is 290 g/mol. The van der Waals surface area contributed by atoms with Gasteiger partial charge in [-0.1, -0.05) is 0 Å². The first-order valence-electron chi connectivity index (χ1n) is 6.23. The number of nitro benzene ring substituents is 2. The Balaban J connectivity index is 2.37. The molecule has 2 rings (SSSR count). The summed E-state index contributed by atoms with van der Waals surface area (Å²) in [6.07, 6.45) is 1.82. The molecule has 8 nitrogen and oxygen atoms in total. The third kappa shape index (κ3) is 3.23. The zero-order chi connectivity index (χ0) is 15.4. The van der Waals surface area contributed by atoms with Crippen LogP contribution in [-0.4, -0.2) is 21.5 Å². The first kappa shape index (κ1) is 14.7. The average molecular weight is 290 g/mol. The van der Waals surface area contributed by atoms with Crippen LogP contribution in [0.3, 0.4) is 0 Å². The standard InChI is InChI=1S/C13H14N4O4/c1-14-8-12-3-2-6-15(12)9-10-4-5-11(16(18)19)7-13(10)17(20)21/h2-7,14H,8-9H2,1H3. The smallest absolute Gasteiger partial charge is 0.281 e. The molecule has 0 amide bonds. The fraction of sp³-hybridized carbons (Fsp3) is 0.231. The van der Waals surface area contributed by atoms with Crippen molar-refractivity contribution in [2.75, 3.05) is 7.05 Å². The second-order valence-electron chi connectivity index (χ2n) is 4.48. The highest BCUT2D eigenvalue weighted by Gasteiger charge is 2.19. The molecule has 1 heterocycles. The van der Waals surface area contributed by atoms with Gasteiger partial charge in [-0.2, -0.15) is 0 Å². The number of hydrogen-bond donors (Lipinski definition) is 1. The summed E-state index contributed by atoms with van der Waals surface area (Å²) in [4.78, 5) is 20.6. The van der Waals surface area contributed by atoms with E-state index in [1.165, 1.54) is 12.1 Å². The van der Waals surface area contributed by atoms with Crippen LogP contribution in [0.15, 0.2) is 36.5 Å². The van der Waals surface area contributed by atoms with E-state index in [1.54, 1.807) is 0 Å². The van der Waals surface area contributed by atoms with Gasteiger partial charge in [0.25, 0.3) is 11.4 Å². The molecular formula is C13H14N4O4. The molecule has 0 unspecified atom stereocenters. The molecule has 2 aromatic rings. The molecule has 8 heteroatoms. The van der Waals surface area contributed by atoms with E-state index in [0.717, 1.165) is 11.8 Å². The highest BCUT2D eigenvalue weighted by molar-refractivity contribution is 5.49. The molecule has 0 atom stereocenters. The van der Waals surface area contributed by atoms with Crippen molar-refractivity contribution in [1.82, 2.24) is 9.88 Å². The fourth-order valence-corrected chi connectivity index (χ4v) is 2.10. The van der Waals surface area contributed by atoms with Crippen molar-refractivity contribution in [1.29, 1.82) is 0 Å². The number of non-ortho nitro benzene ring substituents is 1. The van der Waals surface area contributed by atoms with E-state index in [1.807, 2.05) is 29.9 Å². The molecule has 0 bridgehead atoms. The first-order chi connectivity index (χ1) is 10.0. The fourth-order valence-electron chi connectivity index (χ4n) is 2.10. The predicted octanol–water partition coefficient (Wildman–Crippen LogP) is 2.07. The topological polar surface area (TPSA) is 103 Å². The summed E-state index contributed by atoms with van der Waals surface area (Å²) in [6.45, 7) is 0.923. The van der Waals surface area contributed by atoms with E-state index in [-0.39, 0.29) is 11.4 Å². The molecule has 0 aliphatic heterocycles. The average Bonchev–Trinajstić information content (AvgIpc) is 2.86. The van der Waals surface area contributed by atoms with Crippen LogP contribution in [0, 0.1) is 20.2 Å². The minimum Gasteiger partial charge on any atom is -0.346 e. The van der Waals surface area contributed by atoms with Gasteiger partial charge in [0.15, 0.2) is 0 Å². The van der Waals surface area contributed by atoms with Gasteiger partial charge in [-0.15, -0.1) is 0 Å². The third-order valence-corrected chi connectivity index (χ3v) is 3.10. The van der Waals surface area contributed by atoms with E-state index >= 15 is 0 Å². The highest BCUT2D eigenvalue weighted by atomic mass is 16.6. The number of rotatable bonds is 6. The van der Waals surface area contributed by atoms with Crippen LogP contribution >= 0.6 is 0 Å². The normalized spacial score (nSPS) is 10.5. The van der Waals surface area contributed by atoms with Crippen molar-refractivity contribution >= 4 is 11.4 Å². The van der Waals surface area contributed by atoms with Gasteiger partial charge < -0.3 is 9.88 Å². The Labute approximate surface area is 120 Å². The molecular weight excluding hydrogens is 276 g/mol. The van der Waals surface area contributed by atoms with Gasteiger partial charge in [-0.05, 0) is 25.2 Å². The van der Waals surface area contributed by atoms with Crippen molar-refractivity contribution in [3.63, 3.8) is 0 Å². The van der Waals surface area contributed by atoms with Crippen LogP contribution in [-0.2, 0) is 13.1 Å². The number of hydrogen-bond acceptors (Lipinski definition) is 5. The summed E-state index contributed by atoms with van der Waals surface area (Å²) in [7, 11) is 1.81. The van der Waals surface area contributed by atoms with E-state index in [9.17, 15) is 20.2 Å². The van der Waals surface area contributed by atoms with Gasteiger partial charge in [-0.25, -0.2) is 0 Å². The maximum absolute atomic E-state index is 11.1. The summed E-state index contributed by atoms with van der Waals surface area (Å²) in [5.74, 6) is 0. The number of nitrogens with one attached hydrogen (secondary N) is 1. The van der Waals surface area contributed by atoms with Crippen molar-refractivity contribution in [3.05, 3.63) is 68.0 Å². The van der Waals surface area contributed by atoms with Gasteiger partial charge in [-0.3, -0.25) is 20.2 Å². The lowest BCUT2D eigenvalue weighted by molar-refractivity contribution is -0.394. The molecule has 0 aliphatic rings. The van der Waals surface area contributed by atoms with Gasteiger partial charge >= 0.3 is 0 Å². The highest BCUT2D eigenvalue weighted by Crippen LogP contribution is 2.25. The van der Waals surface area contributed by atoms with E-state index < -0.39 is 9.85 Å². The van der Waals surface area contributed by atoms with Gasteiger partial charge in [0.2, 0.25) is 0 Å². The van der Waals surface area contributed by atoms with Crippen molar-refractivity contribution < 1.29 is 9.85 Å². The summed E-state index contributed by atoms with van der Waals surface area (Å²) >= 11 is 0. The Bertz CT molecular complexity index is 681. The summed E-state index contributed by atoms with van der Waals surface area (Å²) in [6, 6.07) is 7.47. The lowest BCUT2D eigenvalue weighted by Gasteiger charge is -2.09. The van der Waals surface area contributed by atoms with Crippen LogP contribution in [0.4, 0.5) is 11.4 Å². The largest absolute Gasteiger partial charge is 0.346 e. The third-order valence-electron chi connectivity index (χ3n) is 3.10. The van der Waals surface area contributed by atoms with Crippen molar-refractivity contribution in [2.24, 2.45) is 0 Å². The number of nitrogens with zero attached hydrogens (tertiary/aromatic N) is 3. The Kier molecular flexibility index (Phi) is 4.29. The van der Waals surface area contributed by atoms with E-state index in [2.05, 4.69) is 5.32 Å². The van der Waals surface area contributed by atoms with E-state index in [0.29, 0.717) is 18.7 Å². The minimum atomic E-state index is -0.640. The zero-order valence-electron chi connectivity index (χ0n) is 11.4. The molecule has 0 fully saturated rings. The number of benzene rings is 1. The van der Waals surface area contributed by atoms with Crippen LogP contribution in [0.25, 0.3) is 0 Å². The lowest BCUT2D eigenvalue weighted by atomic mass is 10.1. The van der Waals surface area contributed by atoms with Gasteiger partial charge in [0.1, 0.15) is 0 Å². The summed E-state index contributed by atoms with van der Waals surface area (Å²) < 4.78 is 1.87. The second-order valence-corrected chi connectivity index (χ2v) is 4.48. The summed E-state index contributed by atoms with van der Waals surface area (Å²) in [5, 5.41) is 24.8. The number of aromatic nitrogens is 1. The molecule has 110 valence electrons. The zero-order valence-corrected chi connectivity index (χ0v) is 11.4. The molecule has 0 saturated carbocycles. The Morgan fingerprint density at radius 3 is 2.57 bits per heavy atom. The van der Waals surface area contributed by atoms with Crippen LogP contribution in [0.1, 0.15) is 11.3 Å². The second kappa shape index (κ2) is 6.14. The van der Waals surface area contributed by atoms with Gasteiger partial charge in [0.05, 0.1) is 22.5 Å². The molecule has 0 radical (unpaired) electrons. The quantitative estimate of drug-likeness (QED) is 0.648. The molecule has 0 spiro atoms. The Morgan fingerprint density at radius 1 is 1.19 bits per heavy atom. The van der Waals surface area contributed by atoms with Crippen LogP contribution in [0.2, 0.25) is 0 Å². The SMILES string of the molecule is CNCc1cccn1Cc1ccc([N+](=O)[O-])cc1[N+](=O)[O-]. The molecule has 1 N–H and O–H groups in total. The Morgan fingerprint density at radius 2 is 1.95 bits per heavy atom. The van der Waals surface area contributed by atoms with Crippen LogP contribution in [0.5, 0.6) is 0 Å². The molecule has 0 saturated heterocycles. The number of nitro groups is 2. The van der Waals surface area contributed by atoms with Crippen molar-refractivity contribution in [3.8, 4) is 0 Å². The van der Waals surface area contributed by atoms with E-state index in [4.69, 9.17) is 0 Å². The minimum absolute atomic E-state index is 0.242. The molecule has 0 aliphatic carbocycles. The van der Waals surface area contributed by atoms with Gasteiger partial charge in [0, 0.05) is 30.1 Å². The maximum atomic E-state index is 11.1. The Hall–Kier alpha value is -2.74. The molecule has 21 heavy (non-hydrogen) atoms. The van der Waals surface area contributed by atoms with Crippen molar-refractivity contribution in [2.45, 2.75) is 13.1 Å².